The first kappa shape index (κ1) is 17.9. The summed E-state index contributed by atoms with van der Waals surface area (Å²) in [7, 11) is 0. The predicted octanol–water partition coefficient (Wildman–Crippen LogP) is 5.76. The van der Waals surface area contributed by atoms with Gasteiger partial charge in [-0.25, -0.2) is 4.39 Å². The fraction of sp³-hybridized carbons (Fsp3) is 0.667. The molecule has 1 aromatic carbocycles. The second-order valence-electron chi connectivity index (χ2n) is 6.02. The second-order valence-corrected chi connectivity index (χ2v) is 6.02. The van der Waals surface area contributed by atoms with E-state index in [0.29, 0.717) is 24.5 Å². The zero-order valence-corrected chi connectivity index (χ0v) is 13.7. The van der Waals surface area contributed by atoms with Gasteiger partial charge in [0.05, 0.1) is 6.61 Å². The standard InChI is InChI=1S/C18H28F2O/c1-5-13(3)7-8-14(4)9-10-15-11-12-16(21-6-2)18(20)17(15)19/h11-14H,5-10H2,1-4H3. The largest absolute Gasteiger partial charge is 0.491 e. The second kappa shape index (κ2) is 9.01. The van der Waals surface area contributed by atoms with Crippen molar-refractivity contribution < 1.29 is 13.5 Å². The molecule has 0 radical (unpaired) electrons. The monoisotopic (exact) mass is 298 g/mol. The van der Waals surface area contributed by atoms with E-state index in [2.05, 4.69) is 20.8 Å². The van der Waals surface area contributed by atoms with Gasteiger partial charge < -0.3 is 4.74 Å². The van der Waals surface area contributed by atoms with Gasteiger partial charge in [-0.1, -0.05) is 46.1 Å². The third kappa shape index (κ3) is 5.64. The molecule has 1 rings (SSSR count). The van der Waals surface area contributed by atoms with E-state index in [0.717, 1.165) is 18.8 Å². The van der Waals surface area contributed by atoms with Crippen LogP contribution in [0.5, 0.6) is 5.75 Å². The molecule has 21 heavy (non-hydrogen) atoms. The summed E-state index contributed by atoms with van der Waals surface area (Å²) in [6.07, 6.45) is 5.02. The van der Waals surface area contributed by atoms with E-state index in [-0.39, 0.29) is 5.75 Å². The lowest BCUT2D eigenvalue weighted by Crippen LogP contribution is -2.04. The molecular formula is C18H28F2O. The first-order valence-corrected chi connectivity index (χ1v) is 8.09. The average Bonchev–Trinajstić information content (AvgIpc) is 2.48. The molecule has 0 N–H and O–H groups in total. The van der Waals surface area contributed by atoms with Crippen LogP contribution in [0.15, 0.2) is 12.1 Å². The summed E-state index contributed by atoms with van der Waals surface area (Å²) in [4.78, 5) is 0. The fourth-order valence-electron chi connectivity index (χ4n) is 2.35. The summed E-state index contributed by atoms with van der Waals surface area (Å²) in [6.45, 7) is 8.74. The van der Waals surface area contributed by atoms with Crippen LogP contribution in [0, 0.1) is 23.5 Å². The number of benzene rings is 1. The Morgan fingerprint density at radius 3 is 2.24 bits per heavy atom. The lowest BCUT2D eigenvalue weighted by Gasteiger charge is -2.15. The summed E-state index contributed by atoms with van der Waals surface area (Å²) in [5.74, 6) is -0.333. The zero-order valence-electron chi connectivity index (χ0n) is 13.7. The van der Waals surface area contributed by atoms with Crippen LogP contribution >= 0.6 is 0 Å². The molecule has 0 saturated heterocycles. The van der Waals surface area contributed by atoms with E-state index >= 15 is 0 Å². The van der Waals surface area contributed by atoms with Gasteiger partial charge in [-0.3, -0.25) is 0 Å². The van der Waals surface area contributed by atoms with Gasteiger partial charge in [-0.15, -0.1) is 0 Å². The first-order chi connectivity index (χ1) is 9.99. The summed E-state index contributed by atoms with van der Waals surface area (Å²) in [5, 5.41) is 0. The molecule has 0 spiro atoms. The first-order valence-electron chi connectivity index (χ1n) is 8.09. The number of halogens is 2. The van der Waals surface area contributed by atoms with E-state index < -0.39 is 11.6 Å². The van der Waals surface area contributed by atoms with Crippen molar-refractivity contribution in [1.82, 2.24) is 0 Å². The number of ether oxygens (including phenoxy) is 1. The highest BCUT2D eigenvalue weighted by Crippen LogP contribution is 2.25. The number of aryl methyl sites for hydroxylation is 1. The highest BCUT2D eigenvalue weighted by molar-refractivity contribution is 5.31. The molecule has 0 saturated carbocycles. The predicted molar refractivity (Wildman–Crippen MR) is 83.7 cm³/mol. The van der Waals surface area contributed by atoms with E-state index in [9.17, 15) is 8.78 Å². The van der Waals surface area contributed by atoms with Crippen molar-refractivity contribution in [2.24, 2.45) is 11.8 Å². The number of hydrogen-bond donors (Lipinski definition) is 0. The molecule has 0 aliphatic carbocycles. The van der Waals surface area contributed by atoms with Crippen LogP contribution in [0.4, 0.5) is 8.78 Å². The van der Waals surface area contributed by atoms with Crippen LogP contribution in [0.25, 0.3) is 0 Å². The molecule has 120 valence electrons. The van der Waals surface area contributed by atoms with Crippen molar-refractivity contribution in [1.29, 1.82) is 0 Å². The van der Waals surface area contributed by atoms with Crippen molar-refractivity contribution in [3.05, 3.63) is 29.3 Å². The Labute approximate surface area is 127 Å². The highest BCUT2D eigenvalue weighted by Gasteiger charge is 2.15. The minimum absolute atomic E-state index is 0.00330. The van der Waals surface area contributed by atoms with E-state index in [1.54, 1.807) is 13.0 Å². The molecule has 0 aliphatic heterocycles. The van der Waals surface area contributed by atoms with Crippen molar-refractivity contribution >= 4 is 0 Å². The molecule has 1 aromatic rings. The van der Waals surface area contributed by atoms with Gasteiger partial charge in [0.25, 0.3) is 0 Å². The van der Waals surface area contributed by atoms with Crippen LogP contribution in [0.2, 0.25) is 0 Å². The molecular weight excluding hydrogens is 270 g/mol. The van der Waals surface area contributed by atoms with E-state index in [4.69, 9.17) is 4.74 Å². The molecule has 0 heterocycles. The fourth-order valence-corrected chi connectivity index (χ4v) is 2.35. The van der Waals surface area contributed by atoms with Crippen molar-refractivity contribution in [3.63, 3.8) is 0 Å². The quantitative estimate of drug-likeness (QED) is 0.563. The molecule has 2 atom stereocenters. The van der Waals surface area contributed by atoms with E-state index in [1.807, 2.05) is 0 Å². The minimum atomic E-state index is -0.860. The third-order valence-corrected chi connectivity index (χ3v) is 4.18. The van der Waals surface area contributed by atoms with Gasteiger partial charge in [0.1, 0.15) is 0 Å². The van der Waals surface area contributed by atoms with Crippen LogP contribution in [-0.2, 0) is 6.42 Å². The molecule has 0 fully saturated rings. The Balaban J connectivity index is 2.53. The maximum atomic E-state index is 13.9. The summed E-state index contributed by atoms with van der Waals surface area (Å²) in [5.41, 5.74) is 0.450. The van der Waals surface area contributed by atoms with Gasteiger partial charge in [-0.2, -0.15) is 4.39 Å². The maximum absolute atomic E-state index is 13.9. The lowest BCUT2D eigenvalue weighted by molar-refractivity contribution is 0.313. The van der Waals surface area contributed by atoms with Gasteiger partial charge in [-0.05, 0) is 43.2 Å². The van der Waals surface area contributed by atoms with Crippen LogP contribution < -0.4 is 4.74 Å². The molecule has 0 amide bonds. The Hall–Kier alpha value is -1.12. The summed E-state index contributed by atoms with van der Waals surface area (Å²) < 4.78 is 32.8. The summed E-state index contributed by atoms with van der Waals surface area (Å²) in [6, 6.07) is 3.17. The zero-order chi connectivity index (χ0) is 15.8. The highest BCUT2D eigenvalue weighted by atomic mass is 19.2. The topological polar surface area (TPSA) is 9.23 Å². The minimum Gasteiger partial charge on any atom is -0.491 e. The molecule has 3 heteroatoms. The van der Waals surface area contributed by atoms with Crippen LogP contribution in [0.3, 0.4) is 0 Å². The van der Waals surface area contributed by atoms with E-state index in [1.165, 1.54) is 18.9 Å². The van der Waals surface area contributed by atoms with Crippen LogP contribution in [-0.4, -0.2) is 6.61 Å². The Bertz CT molecular complexity index is 431. The normalized spacial score (nSPS) is 14.0. The van der Waals surface area contributed by atoms with Crippen LogP contribution in [0.1, 0.15) is 58.9 Å². The smallest absolute Gasteiger partial charge is 0.200 e. The van der Waals surface area contributed by atoms with Crippen molar-refractivity contribution in [2.75, 3.05) is 6.61 Å². The van der Waals surface area contributed by atoms with Gasteiger partial charge in [0.15, 0.2) is 11.6 Å². The Kier molecular flexibility index (Phi) is 7.69. The molecule has 1 nitrogen and oxygen atoms in total. The van der Waals surface area contributed by atoms with Crippen molar-refractivity contribution in [2.45, 2.75) is 59.8 Å². The molecule has 0 bridgehead atoms. The molecule has 0 aromatic heterocycles. The van der Waals surface area contributed by atoms with Gasteiger partial charge >= 0.3 is 0 Å². The molecule has 0 aliphatic rings. The third-order valence-electron chi connectivity index (χ3n) is 4.18. The maximum Gasteiger partial charge on any atom is 0.200 e. The van der Waals surface area contributed by atoms with Gasteiger partial charge in [0.2, 0.25) is 5.82 Å². The number of rotatable bonds is 9. The van der Waals surface area contributed by atoms with Gasteiger partial charge in [0, 0.05) is 0 Å². The average molecular weight is 298 g/mol. The lowest BCUT2D eigenvalue weighted by atomic mass is 9.92. The molecule has 2 unspecified atom stereocenters. The Morgan fingerprint density at radius 1 is 0.952 bits per heavy atom. The number of hydrogen-bond acceptors (Lipinski definition) is 1. The Morgan fingerprint density at radius 2 is 1.62 bits per heavy atom. The van der Waals surface area contributed by atoms with Crippen molar-refractivity contribution in [3.8, 4) is 5.75 Å². The summed E-state index contributed by atoms with van der Waals surface area (Å²) >= 11 is 0. The SMILES string of the molecule is CCOc1ccc(CCC(C)CCC(C)CC)c(F)c1F.